The van der Waals surface area contributed by atoms with Gasteiger partial charge < -0.3 is 19.4 Å². The molecule has 0 amide bonds. The maximum atomic E-state index is 10.3. The third-order valence-electron chi connectivity index (χ3n) is 2.73. The Balaban J connectivity index is 0.000000396. The Labute approximate surface area is 121 Å². The van der Waals surface area contributed by atoms with Crippen LogP contribution in [-0.4, -0.2) is 25.1 Å². The highest BCUT2D eigenvalue weighted by Gasteiger charge is 1.99. The maximum Gasteiger partial charge on any atom is 0.129 e. The number of benzene rings is 1. The number of carbonyl (C=O) groups excluding carboxylic acids is 1. The minimum atomic E-state index is -0.00639. The molecule has 114 valence electrons. The van der Waals surface area contributed by atoms with Crippen molar-refractivity contribution in [3.05, 3.63) is 23.8 Å². The molecule has 0 aliphatic carbocycles. The molecule has 0 saturated carbocycles. The molecular formula is C16H26O4. The third-order valence-corrected chi connectivity index (χ3v) is 2.73. The summed E-state index contributed by atoms with van der Waals surface area (Å²) < 4.78 is 10.0. The van der Waals surface area contributed by atoms with E-state index < -0.39 is 0 Å². The van der Waals surface area contributed by atoms with Crippen molar-refractivity contribution >= 4 is 5.78 Å². The minimum Gasteiger partial charge on any atom is -0.497 e. The van der Waals surface area contributed by atoms with Crippen molar-refractivity contribution < 1.29 is 19.4 Å². The van der Waals surface area contributed by atoms with Gasteiger partial charge in [0, 0.05) is 12.5 Å². The smallest absolute Gasteiger partial charge is 0.129 e. The molecule has 0 unspecified atom stereocenters. The van der Waals surface area contributed by atoms with Crippen LogP contribution < -0.4 is 9.47 Å². The maximum absolute atomic E-state index is 10.3. The lowest BCUT2D eigenvalue weighted by atomic mass is 10.2. The number of aliphatic hydroxyl groups excluding tert-OH is 1. The molecule has 4 heteroatoms. The summed E-state index contributed by atoms with van der Waals surface area (Å²) >= 11 is 0. The van der Waals surface area contributed by atoms with Gasteiger partial charge in [0.1, 0.15) is 17.3 Å². The molecule has 20 heavy (non-hydrogen) atoms. The zero-order valence-corrected chi connectivity index (χ0v) is 12.9. The number of rotatable bonds is 7. The van der Waals surface area contributed by atoms with Crippen molar-refractivity contribution in [2.75, 3.05) is 14.2 Å². The van der Waals surface area contributed by atoms with E-state index in [0.717, 1.165) is 18.4 Å². The predicted molar refractivity (Wildman–Crippen MR) is 80.3 cm³/mol. The predicted octanol–water partition coefficient (Wildman–Crippen LogP) is 3.35. The second kappa shape index (κ2) is 11.3. The summed E-state index contributed by atoms with van der Waals surface area (Å²) in [5.74, 6) is 1.70. The van der Waals surface area contributed by atoms with Crippen molar-refractivity contribution in [2.24, 2.45) is 0 Å². The van der Waals surface area contributed by atoms with Gasteiger partial charge in [-0.2, -0.15) is 0 Å². The number of ether oxygens (including phenoxy) is 2. The van der Waals surface area contributed by atoms with Crippen LogP contribution in [0, 0.1) is 0 Å². The number of Topliss-reactive ketones (excluding diaryl/α,β-unsaturated/α-hetero) is 1. The lowest BCUT2D eigenvalue weighted by Crippen LogP contribution is -1.90. The molecule has 0 saturated heterocycles. The standard InChI is InChI=1S/C9H12O3.C7H14O/c1-11-8-3-7(6-10)4-9(5-8)12-2;1-3-4-5-6-7(2)8/h3-5,10H,6H2,1-2H3;3-6H2,1-2H3. The van der Waals surface area contributed by atoms with Crippen molar-refractivity contribution in [3.8, 4) is 11.5 Å². The second-order valence-corrected chi connectivity index (χ2v) is 4.54. The molecule has 0 fully saturated rings. The van der Waals surface area contributed by atoms with E-state index in [0.29, 0.717) is 17.3 Å². The summed E-state index contributed by atoms with van der Waals surface area (Å²) in [6.07, 6.45) is 4.24. The second-order valence-electron chi connectivity index (χ2n) is 4.54. The lowest BCUT2D eigenvalue weighted by molar-refractivity contribution is -0.117. The van der Waals surface area contributed by atoms with Crippen molar-refractivity contribution in [1.29, 1.82) is 0 Å². The summed E-state index contributed by atoms with van der Waals surface area (Å²) in [5.41, 5.74) is 0.784. The fourth-order valence-electron chi connectivity index (χ4n) is 1.58. The summed E-state index contributed by atoms with van der Waals surface area (Å²) in [7, 11) is 3.16. The topological polar surface area (TPSA) is 55.8 Å². The average Bonchev–Trinajstić information content (AvgIpc) is 2.47. The highest BCUT2D eigenvalue weighted by atomic mass is 16.5. The third kappa shape index (κ3) is 8.53. The Morgan fingerprint density at radius 2 is 1.65 bits per heavy atom. The Morgan fingerprint density at radius 1 is 1.10 bits per heavy atom. The summed E-state index contributed by atoms with van der Waals surface area (Å²) in [5, 5.41) is 8.87. The van der Waals surface area contributed by atoms with Gasteiger partial charge >= 0.3 is 0 Å². The first-order valence-corrected chi connectivity index (χ1v) is 6.89. The number of unbranched alkanes of at least 4 members (excludes halogenated alkanes) is 2. The summed E-state index contributed by atoms with van der Waals surface area (Å²) in [6.45, 7) is 3.78. The first kappa shape index (κ1) is 18.4. The fourth-order valence-corrected chi connectivity index (χ4v) is 1.58. The first-order chi connectivity index (χ1) is 9.57. The molecule has 0 aliphatic heterocycles. The van der Waals surface area contributed by atoms with Crippen LogP contribution in [-0.2, 0) is 11.4 Å². The number of carbonyl (C=O) groups is 1. The van der Waals surface area contributed by atoms with E-state index in [1.165, 1.54) is 12.8 Å². The van der Waals surface area contributed by atoms with Gasteiger partial charge in [-0.3, -0.25) is 0 Å². The monoisotopic (exact) mass is 282 g/mol. The number of methoxy groups -OCH3 is 2. The molecule has 0 spiro atoms. The molecule has 1 aromatic carbocycles. The molecular weight excluding hydrogens is 256 g/mol. The van der Waals surface area contributed by atoms with Crippen LogP contribution in [0.4, 0.5) is 0 Å². The van der Waals surface area contributed by atoms with Gasteiger partial charge in [-0.05, 0) is 31.0 Å². The average molecular weight is 282 g/mol. The van der Waals surface area contributed by atoms with Crippen LogP contribution in [0.25, 0.3) is 0 Å². The van der Waals surface area contributed by atoms with Gasteiger partial charge in [-0.25, -0.2) is 0 Å². The van der Waals surface area contributed by atoms with Crippen molar-refractivity contribution in [3.63, 3.8) is 0 Å². The summed E-state index contributed by atoms with van der Waals surface area (Å²) in [4.78, 5) is 10.3. The molecule has 1 N–H and O–H groups in total. The zero-order chi connectivity index (χ0) is 15.4. The highest BCUT2D eigenvalue weighted by Crippen LogP contribution is 2.22. The van der Waals surface area contributed by atoms with Gasteiger partial charge in [-0.15, -0.1) is 0 Å². The Kier molecular flexibility index (Phi) is 10.4. The highest BCUT2D eigenvalue weighted by molar-refractivity contribution is 5.75. The molecule has 1 rings (SSSR count). The molecule has 1 aromatic rings. The molecule has 0 bridgehead atoms. The normalized spacial score (nSPS) is 9.45. The van der Waals surface area contributed by atoms with E-state index in [-0.39, 0.29) is 6.61 Å². The van der Waals surface area contributed by atoms with E-state index in [2.05, 4.69) is 6.92 Å². The van der Waals surface area contributed by atoms with Crippen LogP contribution in [0.15, 0.2) is 18.2 Å². The van der Waals surface area contributed by atoms with Crippen LogP contribution >= 0.6 is 0 Å². The van der Waals surface area contributed by atoms with Gasteiger partial charge in [0.2, 0.25) is 0 Å². The number of ketones is 1. The largest absolute Gasteiger partial charge is 0.497 e. The number of hydrogen-bond acceptors (Lipinski definition) is 4. The van der Waals surface area contributed by atoms with Gasteiger partial charge in [-0.1, -0.05) is 19.8 Å². The van der Waals surface area contributed by atoms with Crippen molar-refractivity contribution in [1.82, 2.24) is 0 Å². The van der Waals surface area contributed by atoms with E-state index in [1.54, 1.807) is 39.3 Å². The summed E-state index contributed by atoms with van der Waals surface area (Å²) in [6, 6.07) is 5.30. The van der Waals surface area contributed by atoms with Gasteiger partial charge in [0.15, 0.2) is 0 Å². The lowest BCUT2D eigenvalue weighted by Gasteiger charge is -2.05. The molecule has 0 radical (unpaired) electrons. The van der Waals surface area contributed by atoms with Gasteiger partial charge in [0.05, 0.1) is 20.8 Å². The Bertz CT molecular complexity index is 333. The first-order valence-electron chi connectivity index (χ1n) is 6.89. The Morgan fingerprint density at radius 3 is 2.00 bits per heavy atom. The van der Waals surface area contributed by atoms with Crippen LogP contribution in [0.3, 0.4) is 0 Å². The van der Waals surface area contributed by atoms with Crippen LogP contribution in [0.5, 0.6) is 11.5 Å². The number of hydrogen-bond donors (Lipinski definition) is 1. The molecule has 0 heterocycles. The van der Waals surface area contributed by atoms with Crippen LogP contribution in [0.2, 0.25) is 0 Å². The van der Waals surface area contributed by atoms with E-state index in [1.807, 2.05) is 0 Å². The van der Waals surface area contributed by atoms with E-state index in [9.17, 15) is 4.79 Å². The molecule has 0 atom stereocenters. The van der Waals surface area contributed by atoms with Crippen molar-refractivity contribution in [2.45, 2.75) is 46.1 Å². The zero-order valence-electron chi connectivity index (χ0n) is 12.9. The fraction of sp³-hybridized carbons (Fsp3) is 0.562. The molecule has 4 nitrogen and oxygen atoms in total. The van der Waals surface area contributed by atoms with E-state index >= 15 is 0 Å². The van der Waals surface area contributed by atoms with Gasteiger partial charge in [0.25, 0.3) is 0 Å². The Hall–Kier alpha value is -1.55. The van der Waals surface area contributed by atoms with E-state index in [4.69, 9.17) is 14.6 Å². The van der Waals surface area contributed by atoms with Crippen LogP contribution in [0.1, 0.15) is 45.1 Å². The minimum absolute atomic E-state index is 0.00639. The molecule has 0 aromatic heterocycles. The quantitative estimate of drug-likeness (QED) is 0.779. The molecule has 0 aliphatic rings. The SMILES string of the molecule is CCCCCC(C)=O.COc1cc(CO)cc(OC)c1. The number of aliphatic hydroxyl groups is 1.